The predicted octanol–water partition coefficient (Wildman–Crippen LogP) is 0.931. The Kier molecular flexibility index (Phi) is 4.73. The Morgan fingerprint density at radius 1 is 1.04 bits per heavy atom. The average molecular weight is 355 g/mol. The number of carbonyl (C=O) groups excluding carboxylic acids is 1. The van der Waals surface area contributed by atoms with E-state index in [1.807, 2.05) is 24.1 Å². The predicted molar refractivity (Wildman–Crippen MR) is 99.2 cm³/mol. The molecule has 0 unspecified atom stereocenters. The van der Waals surface area contributed by atoms with Crippen LogP contribution in [-0.4, -0.2) is 69.8 Å². The number of anilines is 2. The number of carbonyl (C=O) groups is 1. The van der Waals surface area contributed by atoms with E-state index in [0.717, 1.165) is 43.6 Å². The molecule has 2 aliphatic rings. The Hall–Kier alpha value is -2.64. The molecule has 0 bridgehead atoms. The molecule has 0 N–H and O–H groups in total. The zero-order chi connectivity index (χ0) is 17.9. The molecule has 4 heterocycles. The molecule has 26 heavy (non-hydrogen) atoms. The van der Waals surface area contributed by atoms with Gasteiger partial charge in [-0.2, -0.15) is 10.1 Å². The van der Waals surface area contributed by atoms with Gasteiger partial charge < -0.3 is 14.7 Å². The van der Waals surface area contributed by atoms with Gasteiger partial charge in [-0.1, -0.05) is 0 Å². The Balaban J connectivity index is 1.39. The summed E-state index contributed by atoms with van der Waals surface area (Å²) in [5.74, 6) is 1.92. The molecule has 138 valence electrons. The van der Waals surface area contributed by atoms with E-state index in [-0.39, 0.29) is 5.91 Å². The summed E-state index contributed by atoms with van der Waals surface area (Å²) < 4.78 is 1.67. The van der Waals surface area contributed by atoms with Crippen LogP contribution in [0.15, 0.2) is 24.5 Å². The smallest absolute Gasteiger partial charge is 0.244 e. The van der Waals surface area contributed by atoms with E-state index < -0.39 is 0 Å². The molecule has 2 fully saturated rings. The van der Waals surface area contributed by atoms with E-state index in [2.05, 4.69) is 25.9 Å². The minimum absolute atomic E-state index is 0.108. The first kappa shape index (κ1) is 16.8. The van der Waals surface area contributed by atoms with Crippen LogP contribution in [0.4, 0.5) is 11.8 Å². The second-order valence-corrected chi connectivity index (χ2v) is 6.93. The van der Waals surface area contributed by atoms with Gasteiger partial charge in [0, 0.05) is 63.4 Å². The van der Waals surface area contributed by atoms with Crippen LogP contribution >= 0.6 is 0 Å². The van der Waals surface area contributed by atoms with Gasteiger partial charge in [-0.3, -0.25) is 9.48 Å². The molecule has 2 aromatic rings. The number of hydrogen-bond acceptors (Lipinski definition) is 6. The quantitative estimate of drug-likeness (QED) is 0.813. The zero-order valence-electron chi connectivity index (χ0n) is 15.2. The number of nitrogens with zero attached hydrogens (tertiary/aromatic N) is 7. The highest BCUT2D eigenvalue weighted by molar-refractivity contribution is 5.76. The van der Waals surface area contributed by atoms with Gasteiger partial charge in [0.15, 0.2) is 0 Å². The lowest BCUT2D eigenvalue weighted by Crippen LogP contribution is -2.50. The highest BCUT2D eigenvalue weighted by Crippen LogP contribution is 2.22. The number of piperazine rings is 1. The van der Waals surface area contributed by atoms with Crippen LogP contribution in [0.2, 0.25) is 0 Å². The van der Waals surface area contributed by atoms with Gasteiger partial charge in [-0.05, 0) is 25.8 Å². The SMILES string of the molecule is Cc1cc(N2CCCC2)nc(N2CCN(C(=O)Cn3cccn3)CC2)n1. The van der Waals surface area contributed by atoms with Gasteiger partial charge in [-0.25, -0.2) is 4.98 Å². The van der Waals surface area contributed by atoms with Crippen LogP contribution < -0.4 is 9.80 Å². The molecule has 4 rings (SSSR count). The van der Waals surface area contributed by atoms with E-state index in [1.54, 1.807) is 10.9 Å². The third-order valence-electron chi connectivity index (χ3n) is 5.03. The van der Waals surface area contributed by atoms with Crippen LogP contribution in [-0.2, 0) is 11.3 Å². The van der Waals surface area contributed by atoms with Crippen molar-refractivity contribution in [3.05, 3.63) is 30.2 Å². The van der Waals surface area contributed by atoms with Gasteiger partial charge in [0.05, 0.1) is 0 Å². The maximum absolute atomic E-state index is 12.4. The molecule has 0 radical (unpaired) electrons. The number of aromatic nitrogens is 4. The van der Waals surface area contributed by atoms with E-state index in [1.165, 1.54) is 12.8 Å². The van der Waals surface area contributed by atoms with Crippen molar-refractivity contribution in [2.24, 2.45) is 0 Å². The summed E-state index contributed by atoms with van der Waals surface area (Å²) in [5, 5.41) is 4.10. The van der Waals surface area contributed by atoms with Crippen molar-refractivity contribution < 1.29 is 4.79 Å². The minimum Gasteiger partial charge on any atom is -0.356 e. The van der Waals surface area contributed by atoms with Crippen LogP contribution in [0.25, 0.3) is 0 Å². The summed E-state index contributed by atoms with van der Waals surface area (Å²) in [7, 11) is 0. The number of amides is 1. The zero-order valence-corrected chi connectivity index (χ0v) is 15.2. The second-order valence-electron chi connectivity index (χ2n) is 6.93. The number of hydrogen-bond donors (Lipinski definition) is 0. The normalized spacial score (nSPS) is 17.8. The molecular formula is C18H25N7O. The fourth-order valence-corrected chi connectivity index (χ4v) is 3.57. The van der Waals surface area contributed by atoms with Crippen molar-refractivity contribution in [3.63, 3.8) is 0 Å². The minimum atomic E-state index is 0.108. The van der Waals surface area contributed by atoms with E-state index in [4.69, 9.17) is 4.98 Å². The molecule has 0 spiro atoms. The first-order valence-electron chi connectivity index (χ1n) is 9.30. The van der Waals surface area contributed by atoms with Gasteiger partial charge in [0.25, 0.3) is 0 Å². The Morgan fingerprint density at radius 2 is 1.81 bits per heavy atom. The summed E-state index contributed by atoms with van der Waals surface area (Å²) in [6, 6.07) is 3.90. The molecule has 1 amide bonds. The van der Waals surface area contributed by atoms with E-state index >= 15 is 0 Å². The second kappa shape index (κ2) is 7.31. The Morgan fingerprint density at radius 3 is 2.50 bits per heavy atom. The van der Waals surface area contributed by atoms with Crippen LogP contribution in [0.5, 0.6) is 0 Å². The molecule has 2 saturated heterocycles. The summed E-state index contributed by atoms with van der Waals surface area (Å²) in [6.07, 6.45) is 5.97. The highest BCUT2D eigenvalue weighted by Gasteiger charge is 2.24. The lowest BCUT2D eigenvalue weighted by atomic mass is 10.3. The standard InChI is InChI=1S/C18H25N7O/c1-15-13-16(22-6-2-3-7-22)21-18(20-15)24-11-9-23(10-12-24)17(26)14-25-8-4-5-19-25/h4-5,8,13H,2-3,6-7,9-12,14H2,1H3. The highest BCUT2D eigenvalue weighted by atomic mass is 16.2. The fourth-order valence-electron chi connectivity index (χ4n) is 3.57. The summed E-state index contributed by atoms with van der Waals surface area (Å²) in [4.78, 5) is 28.2. The Labute approximate surface area is 153 Å². The van der Waals surface area contributed by atoms with Crippen molar-refractivity contribution >= 4 is 17.7 Å². The summed E-state index contributed by atoms with van der Waals surface area (Å²) in [5.41, 5.74) is 0.995. The molecule has 8 heteroatoms. The molecule has 8 nitrogen and oxygen atoms in total. The van der Waals surface area contributed by atoms with Crippen LogP contribution in [0, 0.1) is 6.92 Å². The molecule has 0 saturated carbocycles. The van der Waals surface area contributed by atoms with Crippen molar-refractivity contribution in [2.75, 3.05) is 49.1 Å². The number of aryl methyl sites for hydroxylation is 1. The lowest BCUT2D eigenvalue weighted by Gasteiger charge is -2.35. The topological polar surface area (TPSA) is 70.4 Å². The lowest BCUT2D eigenvalue weighted by molar-refractivity contribution is -0.132. The maximum Gasteiger partial charge on any atom is 0.244 e. The average Bonchev–Trinajstić information content (AvgIpc) is 3.35. The van der Waals surface area contributed by atoms with Crippen LogP contribution in [0.3, 0.4) is 0 Å². The summed E-state index contributed by atoms with van der Waals surface area (Å²) in [6.45, 7) is 7.37. The van der Waals surface area contributed by atoms with Gasteiger partial charge in [0.2, 0.25) is 11.9 Å². The third-order valence-corrected chi connectivity index (χ3v) is 5.03. The van der Waals surface area contributed by atoms with Crippen molar-refractivity contribution in [3.8, 4) is 0 Å². The van der Waals surface area contributed by atoms with Crippen molar-refractivity contribution in [1.29, 1.82) is 0 Å². The third kappa shape index (κ3) is 3.63. The fraction of sp³-hybridized carbons (Fsp3) is 0.556. The molecule has 0 aliphatic carbocycles. The summed E-state index contributed by atoms with van der Waals surface area (Å²) >= 11 is 0. The number of rotatable bonds is 4. The Bertz CT molecular complexity index is 747. The van der Waals surface area contributed by atoms with Crippen molar-refractivity contribution in [2.45, 2.75) is 26.3 Å². The van der Waals surface area contributed by atoms with E-state index in [9.17, 15) is 4.79 Å². The van der Waals surface area contributed by atoms with Crippen molar-refractivity contribution in [1.82, 2.24) is 24.6 Å². The molecular weight excluding hydrogens is 330 g/mol. The molecule has 0 atom stereocenters. The van der Waals surface area contributed by atoms with Gasteiger partial charge in [0.1, 0.15) is 12.4 Å². The van der Waals surface area contributed by atoms with Gasteiger partial charge >= 0.3 is 0 Å². The first-order valence-corrected chi connectivity index (χ1v) is 9.30. The van der Waals surface area contributed by atoms with Gasteiger partial charge in [-0.15, -0.1) is 0 Å². The monoisotopic (exact) mass is 355 g/mol. The first-order chi connectivity index (χ1) is 12.7. The molecule has 2 aromatic heterocycles. The van der Waals surface area contributed by atoms with Crippen LogP contribution in [0.1, 0.15) is 18.5 Å². The molecule has 2 aliphatic heterocycles. The largest absolute Gasteiger partial charge is 0.356 e. The molecule has 0 aromatic carbocycles. The van der Waals surface area contributed by atoms with E-state index in [0.29, 0.717) is 19.6 Å². The maximum atomic E-state index is 12.4.